The van der Waals surface area contributed by atoms with Crippen molar-refractivity contribution in [2.75, 3.05) is 7.11 Å². The van der Waals surface area contributed by atoms with Gasteiger partial charge in [0.2, 0.25) is 0 Å². The quantitative estimate of drug-likeness (QED) is 0.866. The van der Waals surface area contributed by atoms with Crippen molar-refractivity contribution < 1.29 is 14.6 Å². The van der Waals surface area contributed by atoms with E-state index in [0.717, 1.165) is 22.3 Å². The summed E-state index contributed by atoms with van der Waals surface area (Å²) in [6.45, 7) is 3.84. The van der Waals surface area contributed by atoms with Gasteiger partial charge in [0.05, 0.1) is 13.0 Å². The van der Waals surface area contributed by atoms with E-state index in [1.807, 2.05) is 44.2 Å². The van der Waals surface area contributed by atoms with Crippen molar-refractivity contribution in [3.8, 4) is 16.9 Å². The zero-order valence-electron chi connectivity index (χ0n) is 11.9. The van der Waals surface area contributed by atoms with E-state index in [1.54, 1.807) is 12.1 Å². The van der Waals surface area contributed by atoms with Crippen LogP contribution in [0.1, 0.15) is 24.0 Å². The Bertz CT molecular complexity index is 615. The van der Waals surface area contributed by atoms with E-state index < -0.39 is 0 Å². The fourth-order valence-electron chi connectivity index (χ4n) is 2.23. The van der Waals surface area contributed by atoms with Crippen LogP contribution in [0, 0.1) is 6.92 Å². The second-order valence-corrected chi connectivity index (χ2v) is 4.87. The second kappa shape index (κ2) is 5.78. The molecule has 1 atom stereocenters. The Morgan fingerprint density at radius 1 is 1.15 bits per heavy atom. The fourth-order valence-corrected chi connectivity index (χ4v) is 2.23. The number of aromatic hydroxyl groups is 1. The minimum Gasteiger partial charge on any atom is -0.508 e. The van der Waals surface area contributed by atoms with Crippen LogP contribution in [0.5, 0.6) is 5.75 Å². The third-order valence-corrected chi connectivity index (χ3v) is 3.48. The van der Waals surface area contributed by atoms with Gasteiger partial charge in [0.15, 0.2) is 0 Å². The van der Waals surface area contributed by atoms with Crippen LogP contribution in [0.4, 0.5) is 0 Å². The highest BCUT2D eigenvalue weighted by Crippen LogP contribution is 2.28. The summed E-state index contributed by atoms with van der Waals surface area (Å²) in [5.41, 5.74) is 4.16. The van der Waals surface area contributed by atoms with E-state index in [9.17, 15) is 9.90 Å². The Hall–Kier alpha value is -2.29. The van der Waals surface area contributed by atoms with Crippen LogP contribution in [-0.4, -0.2) is 18.2 Å². The summed E-state index contributed by atoms with van der Waals surface area (Å²) in [6.07, 6.45) is 0. The summed E-state index contributed by atoms with van der Waals surface area (Å²) >= 11 is 0. The van der Waals surface area contributed by atoms with E-state index in [2.05, 4.69) is 0 Å². The largest absolute Gasteiger partial charge is 0.508 e. The SMILES string of the molecule is COC(=O)[C@H](C)c1ccc(-c2ccc(O)cc2)c(C)c1. The zero-order chi connectivity index (χ0) is 14.7. The van der Waals surface area contributed by atoms with E-state index in [-0.39, 0.29) is 17.6 Å². The summed E-state index contributed by atoms with van der Waals surface area (Å²) in [7, 11) is 1.40. The molecule has 0 radical (unpaired) electrons. The topological polar surface area (TPSA) is 46.5 Å². The van der Waals surface area contributed by atoms with E-state index in [1.165, 1.54) is 7.11 Å². The molecule has 2 aromatic carbocycles. The summed E-state index contributed by atoms with van der Waals surface area (Å²) in [6, 6.07) is 13.0. The Morgan fingerprint density at radius 2 is 1.80 bits per heavy atom. The molecule has 2 rings (SSSR count). The number of rotatable bonds is 3. The number of hydrogen-bond acceptors (Lipinski definition) is 3. The lowest BCUT2D eigenvalue weighted by atomic mass is 9.93. The molecule has 0 aliphatic heterocycles. The predicted molar refractivity (Wildman–Crippen MR) is 78.7 cm³/mol. The van der Waals surface area contributed by atoms with Crippen LogP contribution >= 0.6 is 0 Å². The first-order valence-corrected chi connectivity index (χ1v) is 6.50. The van der Waals surface area contributed by atoms with Crippen LogP contribution in [0.15, 0.2) is 42.5 Å². The minimum absolute atomic E-state index is 0.234. The lowest BCUT2D eigenvalue weighted by Gasteiger charge is -2.13. The van der Waals surface area contributed by atoms with Crippen LogP contribution in [0.2, 0.25) is 0 Å². The zero-order valence-corrected chi connectivity index (χ0v) is 11.9. The Labute approximate surface area is 118 Å². The number of aryl methyl sites for hydroxylation is 1. The number of hydrogen-bond donors (Lipinski definition) is 1. The second-order valence-electron chi connectivity index (χ2n) is 4.87. The summed E-state index contributed by atoms with van der Waals surface area (Å²) < 4.78 is 4.77. The molecule has 20 heavy (non-hydrogen) atoms. The van der Waals surface area contributed by atoms with Gasteiger partial charge in [0, 0.05) is 0 Å². The molecule has 0 saturated heterocycles. The van der Waals surface area contributed by atoms with Crippen molar-refractivity contribution in [3.05, 3.63) is 53.6 Å². The van der Waals surface area contributed by atoms with Gasteiger partial charge >= 0.3 is 5.97 Å². The van der Waals surface area contributed by atoms with Gasteiger partial charge < -0.3 is 9.84 Å². The molecule has 0 heterocycles. The first kappa shape index (κ1) is 14.1. The number of phenolic OH excluding ortho intramolecular Hbond substituents is 1. The van der Waals surface area contributed by atoms with Crippen molar-refractivity contribution in [1.82, 2.24) is 0 Å². The van der Waals surface area contributed by atoms with Crippen molar-refractivity contribution in [1.29, 1.82) is 0 Å². The third-order valence-electron chi connectivity index (χ3n) is 3.48. The lowest BCUT2D eigenvalue weighted by Crippen LogP contribution is -2.10. The molecule has 0 aliphatic carbocycles. The van der Waals surface area contributed by atoms with Gasteiger partial charge in [0.25, 0.3) is 0 Å². The lowest BCUT2D eigenvalue weighted by molar-refractivity contribution is -0.141. The van der Waals surface area contributed by atoms with Gasteiger partial charge in [0.1, 0.15) is 5.75 Å². The van der Waals surface area contributed by atoms with Gasteiger partial charge in [-0.1, -0.05) is 30.3 Å². The maximum Gasteiger partial charge on any atom is 0.312 e. The van der Waals surface area contributed by atoms with Crippen molar-refractivity contribution in [2.24, 2.45) is 0 Å². The molecule has 1 N–H and O–H groups in total. The Kier molecular flexibility index (Phi) is 4.08. The number of methoxy groups -OCH3 is 1. The highest BCUT2D eigenvalue weighted by Gasteiger charge is 2.16. The predicted octanol–water partition coefficient (Wildman–Crippen LogP) is 3.64. The van der Waals surface area contributed by atoms with Crippen LogP contribution in [0.25, 0.3) is 11.1 Å². The molecule has 0 bridgehead atoms. The first-order valence-electron chi connectivity index (χ1n) is 6.50. The van der Waals surface area contributed by atoms with E-state index >= 15 is 0 Å². The third kappa shape index (κ3) is 2.82. The maximum absolute atomic E-state index is 11.6. The summed E-state index contributed by atoms with van der Waals surface area (Å²) in [5, 5.41) is 9.33. The Balaban J connectivity index is 2.35. The van der Waals surface area contributed by atoms with Gasteiger partial charge in [-0.25, -0.2) is 0 Å². The number of carbonyl (C=O) groups is 1. The van der Waals surface area contributed by atoms with Gasteiger partial charge in [-0.2, -0.15) is 0 Å². The number of benzene rings is 2. The molecule has 0 amide bonds. The van der Waals surface area contributed by atoms with E-state index in [0.29, 0.717) is 0 Å². The molecular weight excluding hydrogens is 252 g/mol. The molecule has 2 aromatic rings. The van der Waals surface area contributed by atoms with Crippen molar-refractivity contribution in [3.63, 3.8) is 0 Å². The monoisotopic (exact) mass is 270 g/mol. The van der Waals surface area contributed by atoms with Gasteiger partial charge in [-0.15, -0.1) is 0 Å². The first-order chi connectivity index (χ1) is 9.52. The number of carbonyl (C=O) groups excluding carboxylic acids is 1. The van der Waals surface area contributed by atoms with Crippen LogP contribution < -0.4 is 0 Å². The molecule has 0 aliphatic rings. The number of esters is 1. The van der Waals surface area contributed by atoms with Crippen molar-refractivity contribution in [2.45, 2.75) is 19.8 Å². The minimum atomic E-state index is -0.271. The molecular formula is C17H18O3. The van der Waals surface area contributed by atoms with Gasteiger partial charge in [-0.3, -0.25) is 4.79 Å². The van der Waals surface area contributed by atoms with Crippen LogP contribution in [0.3, 0.4) is 0 Å². The molecule has 0 fully saturated rings. The molecule has 104 valence electrons. The fraction of sp³-hybridized carbons (Fsp3) is 0.235. The van der Waals surface area contributed by atoms with Gasteiger partial charge in [-0.05, 0) is 48.2 Å². The average Bonchev–Trinajstić information content (AvgIpc) is 2.46. The Morgan fingerprint density at radius 3 is 2.35 bits per heavy atom. The van der Waals surface area contributed by atoms with E-state index in [4.69, 9.17) is 4.74 Å². The summed E-state index contributed by atoms with van der Waals surface area (Å²) in [4.78, 5) is 11.6. The number of phenols is 1. The molecule has 3 heteroatoms. The maximum atomic E-state index is 11.6. The smallest absolute Gasteiger partial charge is 0.312 e. The summed E-state index contributed by atoms with van der Waals surface area (Å²) in [5.74, 6) is -0.253. The molecule has 0 spiro atoms. The highest BCUT2D eigenvalue weighted by molar-refractivity contribution is 5.78. The molecule has 3 nitrogen and oxygen atoms in total. The standard InChI is InChI=1S/C17H18O3/c1-11-10-14(12(2)17(19)20-3)6-9-16(11)13-4-7-15(18)8-5-13/h4-10,12,18H,1-3H3/t12-/m1/s1. The molecule has 0 unspecified atom stereocenters. The van der Waals surface area contributed by atoms with Crippen molar-refractivity contribution >= 4 is 5.97 Å². The number of ether oxygens (including phenoxy) is 1. The molecule has 0 aromatic heterocycles. The highest BCUT2D eigenvalue weighted by atomic mass is 16.5. The van der Waals surface area contributed by atoms with Crippen LogP contribution in [-0.2, 0) is 9.53 Å². The molecule has 0 saturated carbocycles. The average molecular weight is 270 g/mol. The normalized spacial score (nSPS) is 11.9.